The van der Waals surface area contributed by atoms with Crippen molar-refractivity contribution in [3.8, 4) is 0 Å². The van der Waals surface area contributed by atoms with Crippen LogP contribution < -0.4 is 4.90 Å². The Morgan fingerprint density at radius 2 is 2.05 bits per heavy atom. The van der Waals surface area contributed by atoms with Crippen LogP contribution in [-0.2, 0) is 4.79 Å². The predicted molar refractivity (Wildman–Crippen MR) is 86.8 cm³/mol. The summed E-state index contributed by atoms with van der Waals surface area (Å²) in [5.41, 5.74) is 1.90. The second-order valence-corrected chi connectivity index (χ2v) is 7.36. The average Bonchev–Trinajstić information content (AvgIpc) is 2.35. The molecule has 1 N–H and O–H groups in total. The maximum absolute atomic E-state index is 10.7. The molecule has 0 saturated carbocycles. The Morgan fingerprint density at radius 3 is 2.65 bits per heavy atom. The maximum atomic E-state index is 10.7. The molecule has 1 aromatic rings. The van der Waals surface area contributed by atoms with Crippen LogP contribution in [0, 0.1) is 0 Å². The molecule has 2 rings (SSSR count). The lowest BCUT2D eigenvalue weighted by atomic mass is 10.1. The number of aliphatic carboxylic acids is 1. The van der Waals surface area contributed by atoms with Gasteiger partial charge in [-0.25, -0.2) is 4.79 Å². The number of carboxylic acids is 1. The summed E-state index contributed by atoms with van der Waals surface area (Å²) >= 11 is 8.01. The van der Waals surface area contributed by atoms with Gasteiger partial charge >= 0.3 is 5.97 Å². The van der Waals surface area contributed by atoms with E-state index in [1.807, 2.05) is 30.0 Å². The molecule has 20 heavy (non-hydrogen) atoms. The molecule has 2 atom stereocenters. The van der Waals surface area contributed by atoms with E-state index in [9.17, 15) is 4.79 Å². The number of carbonyl (C=O) groups is 1. The van der Waals surface area contributed by atoms with Crippen LogP contribution in [0.5, 0.6) is 0 Å². The van der Waals surface area contributed by atoms with Crippen LogP contribution >= 0.6 is 23.4 Å². The molecule has 2 unspecified atom stereocenters. The summed E-state index contributed by atoms with van der Waals surface area (Å²) in [4.78, 5) is 13.0. The van der Waals surface area contributed by atoms with E-state index >= 15 is 0 Å². The molecule has 0 amide bonds. The van der Waals surface area contributed by atoms with Crippen LogP contribution in [0.25, 0.3) is 6.08 Å². The molecule has 1 saturated heterocycles. The highest BCUT2D eigenvalue weighted by molar-refractivity contribution is 8.00. The van der Waals surface area contributed by atoms with E-state index in [0.29, 0.717) is 15.5 Å². The van der Waals surface area contributed by atoms with Gasteiger partial charge in [-0.3, -0.25) is 0 Å². The standard InChI is InChI=1S/C15H18ClNO2S/c1-10-8-17(9-11(2)20-10)14-5-4-13(16)7-12(14)3-6-15(18)19/h3-7,10-11H,8-9H2,1-2H3,(H,18,19)/b6-3+. The van der Waals surface area contributed by atoms with E-state index in [1.54, 1.807) is 6.08 Å². The zero-order valence-corrected chi connectivity index (χ0v) is 13.1. The quantitative estimate of drug-likeness (QED) is 0.863. The second-order valence-electron chi connectivity index (χ2n) is 5.04. The molecule has 1 fully saturated rings. The predicted octanol–water partition coefficient (Wildman–Crippen LogP) is 3.77. The minimum atomic E-state index is -0.952. The van der Waals surface area contributed by atoms with Crippen LogP contribution in [0.3, 0.4) is 0 Å². The van der Waals surface area contributed by atoms with Gasteiger partial charge in [0, 0.05) is 40.4 Å². The van der Waals surface area contributed by atoms with Crippen LogP contribution in [0.1, 0.15) is 19.4 Å². The molecule has 108 valence electrons. The van der Waals surface area contributed by atoms with Crippen molar-refractivity contribution in [3.05, 3.63) is 34.9 Å². The van der Waals surface area contributed by atoms with Crippen molar-refractivity contribution in [1.29, 1.82) is 0 Å². The van der Waals surface area contributed by atoms with Crippen LogP contribution in [0.15, 0.2) is 24.3 Å². The number of anilines is 1. The highest BCUT2D eigenvalue weighted by atomic mass is 35.5. The molecular weight excluding hydrogens is 294 g/mol. The lowest BCUT2D eigenvalue weighted by molar-refractivity contribution is -0.131. The second kappa shape index (κ2) is 6.55. The van der Waals surface area contributed by atoms with Gasteiger partial charge in [0.15, 0.2) is 0 Å². The third-order valence-electron chi connectivity index (χ3n) is 3.16. The minimum absolute atomic E-state index is 0.561. The number of rotatable bonds is 3. The molecular formula is C15H18ClNO2S. The van der Waals surface area contributed by atoms with Gasteiger partial charge in [0.1, 0.15) is 0 Å². The summed E-state index contributed by atoms with van der Waals surface area (Å²) in [5.74, 6) is -0.952. The normalized spacial score (nSPS) is 23.2. The summed E-state index contributed by atoms with van der Waals surface area (Å²) in [6.07, 6.45) is 2.77. The fourth-order valence-corrected chi connectivity index (χ4v) is 3.99. The molecule has 1 heterocycles. The Balaban J connectivity index is 2.32. The summed E-state index contributed by atoms with van der Waals surface area (Å²) < 4.78 is 0. The molecule has 0 radical (unpaired) electrons. The van der Waals surface area contributed by atoms with Crippen LogP contribution in [0.4, 0.5) is 5.69 Å². The van der Waals surface area contributed by atoms with Gasteiger partial charge in [0.05, 0.1) is 0 Å². The zero-order chi connectivity index (χ0) is 14.7. The van der Waals surface area contributed by atoms with E-state index in [4.69, 9.17) is 16.7 Å². The first-order valence-corrected chi connectivity index (χ1v) is 7.88. The third kappa shape index (κ3) is 3.93. The molecule has 0 aliphatic carbocycles. The Kier molecular flexibility index (Phi) is 5.00. The van der Waals surface area contributed by atoms with Crippen molar-refractivity contribution < 1.29 is 9.90 Å². The van der Waals surface area contributed by atoms with Gasteiger partial charge in [-0.05, 0) is 29.8 Å². The maximum Gasteiger partial charge on any atom is 0.328 e. The van der Waals surface area contributed by atoms with Crippen molar-refractivity contribution >= 4 is 41.1 Å². The van der Waals surface area contributed by atoms with Crippen LogP contribution in [0.2, 0.25) is 5.02 Å². The minimum Gasteiger partial charge on any atom is -0.478 e. The fourth-order valence-electron chi connectivity index (χ4n) is 2.48. The largest absolute Gasteiger partial charge is 0.478 e. The van der Waals surface area contributed by atoms with Gasteiger partial charge in [-0.2, -0.15) is 11.8 Å². The number of thioether (sulfide) groups is 1. The SMILES string of the molecule is CC1CN(c2ccc(Cl)cc2/C=C/C(=O)O)CC(C)S1. The van der Waals surface area contributed by atoms with Gasteiger partial charge in [0.2, 0.25) is 0 Å². The fraction of sp³-hybridized carbons (Fsp3) is 0.400. The molecule has 5 heteroatoms. The van der Waals surface area contributed by atoms with Crippen molar-refractivity contribution in [2.75, 3.05) is 18.0 Å². The summed E-state index contributed by atoms with van der Waals surface area (Å²) in [7, 11) is 0. The van der Waals surface area contributed by atoms with Gasteiger partial charge in [-0.15, -0.1) is 0 Å². The van der Waals surface area contributed by atoms with Gasteiger partial charge < -0.3 is 10.0 Å². The van der Waals surface area contributed by atoms with E-state index in [1.165, 1.54) is 0 Å². The zero-order valence-electron chi connectivity index (χ0n) is 11.5. The van der Waals surface area contributed by atoms with E-state index in [-0.39, 0.29) is 0 Å². The van der Waals surface area contributed by atoms with E-state index < -0.39 is 5.97 Å². The third-order valence-corrected chi connectivity index (χ3v) is 4.62. The molecule has 1 aliphatic rings. The highest BCUT2D eigenvalue weighted by Crippen LogP contribution is 2.32. The Bertz CT molecular complexity index is 523. The molecule has 0 bridgehead atoms. The topological polar surface area (TPSA) is 40.5 Å². The van der Waals surface area contributed by atoms with E-state index in [2.05, 4.69) is 18.7 Å². The van der Waals surface area contributed by atoms with Crippen molar-refractivity contribution in [3.63, 3.8) is 0 Å². The Labute approximate surface area is 128 Å². The molecule has 3 nitrogen and oxygen atoms in total. The average molecular weight is 312 g/mol. The van der Waals surface area contributed by atoms with Gasteiger partial charge in [0.25, 0.3) is 0 Å². The molecule has 0 spiro atoms. The number of carboxylic acid groups (broad SMARTS) is 1. The smallest absolute Gasteiger partial charge is 0.328 e. The summed E-state index contributed by atoms with van der Waals surface area (Å²) in [6.45, 7) is 6.36. The first kappa shape index (κ1) is 15.3. The number of hydrogen-bond acceptors (Lipinski definition) is 3. The first-order valence-electron chi connectivity index (χ1n) is 6.56. The van der Waals surface area contributed by atoms with Crippen molar-refractivity contribution in [2.45, 2.75) is 24.3 Å². The first-order chi connectivity index (χ1) is 9.45. The monoisotopic (exact) mass is 311 g/mol. The van der Waals surface area contributed by atoms with Crippen molar-refractivity contribution in [2.24, 2.45) is 0 Å². The summed E-state index contributed by atoms with van der Waals surface area (Å²) in [5, 5.41) is 10.5. The van der Waals surface area contributed by atoms with E-state index in [0.717, 1.165) is 30.4 Å². The van der Waals surface area contributed by atoms with Crippen molar-refractivity contribution in [1.82, 2.24) is 0 Å². The molecule has 1 aliphatic heterocycles. The van der Waals surface area contributed by atoms with Crippen LogP contribution in [-0.4, -0.2) is 34.7 Å². The summed E-state index contributed by atoms with van der Waals surface area (Å²) in [6, 6.07) is 5.64. The highest BCUT2D eigenvalue weighted by Gasteiger charge is 2.23. The lowest BCUT2D eigenvalue weighted by Gasteiger charge is -2.37. The molecule has 1 aromatic carbocycles. The Morgan fingerprint density at radius 1 is 1.40 bits per heavy atom. The number of hydrogen-bond donors (Lipinski definition) is 1. The number of halogens is 1. The Hall–Kier alpha value is -1.13. The number of benzene rings is 1. The van der Waals surface area contributed by atoms with Gasteiger partial charge in [-0.1, -0.05) is 25.4 Å². The lowest BCUT2D eigenvalue weighted by Crippen LogP contribution is -2.40. The molecule has 0 aromatic heterocycles. The number of nitrogens with zero attached hydrogens (tertiary/aromatic N) is 1.